The Balaban J connectivity index is 1.82. The number of rotatable bonds is 8. The molecule has 1 fully saturated rings. The summed E-state index contributed by atoms with van der Waals surface area (Å²) in [5, 5.41) is 2.73. The molecule has 1 aliphatic heterocycles. The molecule has 1 amide bonds. The largest absolute Gasteiger partial charge is 0.379 e. The Morgan fingerprint density at radius 3 is 2.52 bits per heavy atom. The quantitative estimate of drug-likeness (QED) is 0.669. The number of amides is 1. The lowest BCUT2D eigenvalue weighted by Gasteiger charge is -2.26. The van der Waals surface area contributed by atoms with Crippen LogP contribution in [0.25, 0.3) is 0 Å². The molecule has 9 heteroatoms. The van der Waals surface area contributed by atoms with E-state index in [2.05, 4.69) is 10.2 Å². The number of sulfonamides is 1. The third-order valence-corrected chi connectivity index (χ3v) is 5.02. The Hall–Kier alpha value is -1.71. The number of hydrogen-bond acceptors (Lipinski definition) is 5. The van der Waals surface area contributed by atoms with Crippen molar-refractivity contribution in [2.24, 2.45) is 0 Å². The van der Waals surface area contributed by atoms with Crippen molar-refractivity contribution in [3.63, 3.8) is 0 Å². The molecule has 1 N–H and O–H groups in total. The van der Waals surface area contributed by atoms with Crippen molar-refractivity contribution in [3.05, 3.63) is 30.1 Å². The van der Waals surface area contributed by atoms with Gasteiger partial charge in [-0.2, -0.15) is 0 Å². The lowest BCUT2D eigenvalue weighted by atomic mass is 10.3. The van der Waals surface area contributed by atoms with E-state index in [0.29, 0.717) is 6.54 Å². The summed E-state index contributed by atoms with van der Waals surface area (Å²) in [6.07, 6.45) is 1.79. The molecule has 1 aliphatic rings. The molecule has 0 radical (unpaired) electrons. The van der Waals surface area contributed by atoms with Gasteiger partial charge in [-0.15, -0.1) is 0 Å². The molecule has 0 saturated carbocycles. The standard InChI is InChI=1S/C16H24FN3O4S/c1-25(22,23)20(15-5-3-14(17)4-6-15)13-16(21)18-7-2-8-19-9-11-24-12-10-19/h3-6H,2,7-13H2,1H3,(H,18,21). The van der Waals surface area contributed by atoms with Crippen molar-refractivity contribution < 1.29 is 22.3 Å². The minimum Gasteiger partial charge on any atom is -0.379 e. The van der Waals surface area contributed by atoms with Gasteiger partial charge in [0.15, 0.2) is 0 Å². The molecular weight excluding hydrogens is 349 g/mol. The molecule has 1 aromatic carbocycles. The number of nitrogens with zero attached hydrogens (tertiary/aromatic N) is 2. The number of anilines is 1. The highest BCUT2D eigenvalue weighted by Gasteiger charge is 2.20. The van der Waals surface area contributed by atoms with E-state index in [4.69, 9.17) is 4.74 Å². The Kier molecular flexibility index (Phi) is 7.15. The molecule has 0 bridgehead atoms. The van der Waals surface area contributed by atoms with Gasteiger partial charge in [-0.05, 0) is 37.2 Å². The molecule has 2 rings (SSSR count). The lowest BCUT2D eigenvalue weighted by Crippen LogP contribution is -2.41. The van der Waals surface area contributed by atoms with Gasteiger partial charge >= 0.3 is 0 Å². The van der Waals surface area contributed by atoms with Crippen LogP contribution in [-0.4, -0.2) is 71.4 Å². The fourth-order valence-corrected chi connectivity index (χ4v) is 3.41. The van der Waals surface area contributed by atoms with Gasteiger partial charge in [0.1, 0.15) is 12.4 Å². The Morgan fingerprint density at radius 2 is 1.92 bits per heavy atom. The number of morpholine rings is 1. The first-order valence-electron chi connectivity index (χ1n) is 8.16. The third kappa shape index (κ3) is 6.60. The van der Waals surface area contributed by atoms with Gasteiger partial charge in [0, 0.05) is 19.6 Å². The second-order valence-electron chi connectivity index (χ2n) is 5.90. The zero-order chi connectivity index (χ0) is 18.3. The summed E-state index contributed by atoms with van der Waals surface area (Å²) in [6.45, 7) is 4.23. The van der Waals surface area contributed by atoms with Gasteiger partial charge in [-0.25, -0.2) is 12.8 Å². The Bertz CT molecular complexity index is 660. The SMILES string of the molecule is CS(=O)(=O)N(CC(=O)NCCCN1CCOCC1)c1ccc(F)cc1. The third-order valence-electron chi connectivity index (χ3n) is 3.88. The van der Waals surface area contributed by atoms with Crippen molar-refractivity contribution in [1.82, 2.24) is 10.2 Å². The maximum absolute atomic E-state index is 13.0. The summed E-state index contributed by atoms with van der Waals surface area (Å²) in [6, 6.07) is 4.99. The molecule has 1 heterocycles. The van der Waals surface area contributed by atoms with Gasteiger partial charge in [-0.3, -0.25) is 14.0 Å². The summed E-state index contributed by atoms with van der Waals surface area (Å²) < 4.78 is 43.1. The summed E-state index contributed by atoms with van der Waals surface area (Å²) >= 11 is 0. The molecule has 1 aromatic rings. The van der Waals surface area contributed by atoms with Crippen LogP contribution in [0, 0.1) is 5.82 Å². The molecule has 1 saturated heterocycles. The van der Waals surface area contributed by atoms with Gasteiger partial charge in [0.25, 0.3) is 0 Å². The van der Waals surface area contributed by atoms with Crippen molar-refractivity contribution >= 4 is 21.6 Å². The summed E-state index contributed by atoms with van der Waals surface area (Å²) in [5.74, 6) is -0.860. The van der Waals surface area contributed by atoms with E-state index in [-0.39, 0.29) is 12.2 Å². The van der Waals surface area contributed by atoms with Crippen molar-refractivity contribution in [2.75, 3.05) is 56.5 Å². The van der Waals surface area contributed by atoms with Crippen LogP contribution in [0.2, 0.25) is 0 Å². The zero-order valence-electron chi connectivity index (χ0n) is 14.3. The van der Waals surface area contributed by atoms with Crippen molar-refractivity contribution in [3.8, 4) is 0 Å². The fraction of sp³-hybridized carbons (Fsp3) is 0.562. The maximum atomic E-state index is 13.0. The number of hydrogen-bond donors (Lipinski definition) is 1. The minimum absolute atomic E-state index is 0.257. The number of carbonyl (C=O) groups excluding carboxylic acids is 1. The summed E-state index contributed by atoms with van der Waals surface area (Å²) in [4.78, 5) is 14.3. The normalized spacial score (nSPS) is 15.8. The van der Waals surface area contributed by atoms with Gasteiger partial charge < -0.3 is 10.1 Å². The van der Waals surface area contributed by atoms with Gasteiger partial charge in [0.05, 0.1) is 25.2 Å². The Morgan fingerprint density at radius 1 is 1.28 bits per heavy atom. The van der Waals surface area contributed by atoms with Crippen molar-refractivity contribution in [1.29, 1.82) is 0 Å². The highest BCUT2D eigenvalue weighted by atomic mass is 32.2. The van der Waals surface area contributed by atoms with E-state index in [0.717, 1.165) is 62.0 Å². The van der Waals surface area contributed by atoms with Crippen LogP contribution in [0.3, 0.4) is 0 Å². The highest BCUT2D eigenvalue weighted by Crippen LogP contribution is 2.17. The first kappa shape index (κ1) is 19.6. The van der Waals surface area contributed by atoms with Gasteiger partial charge in [-0.1, -0.05) is 0 Å². The predicted molar refractivity (Wildman–Crippen MR) is 93.5 cm³/mol. The molecule has 25 heavy (non-hydrogen) atoms. The van der Waals surface area contributed by atoms with E-state index >= 15 is 0 Å². The van der Waals surface area contributed by atoms with E-state index in [9.17, 15) is 17.6 Å². The summed E-state index contributed by atoms with van der Waals surface area (Å²) in [7, 11) is -3.65. The molecule has 0 spiro atoms. The second kappa shape index (κ2) is 9.12. The number of carbonyl (C=O) groups is 1. The topological polar surface area (TPSA) is 79.0 Å². The number of benzene rings is 1. The Labute approximate surface area is 147 Å². The number of halogens is 1. The van der Waals surface area contributed by atoms with Crippen LogP contribution < -0.4 is 9.62 Å². The average Bonchev–Trinajstić information content (AvgIpc) is 2.57. The maximum Gasteiger partial charge on any atom is 0.240 e. The van der Waals surface area contributed by atoms with Crippen LogP contribution in [0.5, 0.6) is 0 Å². The van der Waals surface area contributed by atoms with Crippen LogP contribution >= 0.6 is 0 Å². The van der Waals surface area contributed by atoms with Crippen LogP contribution in [0.1, 0.15) is 6.42 Å². The first-order valence-corrected chi connectivity index (χ1v) is 10.0. The van der Waals surface area contributed by atoms with Gasteiger partial charge in [0.2, 0.25) is 15.9 Å². The molecule has 0 aromatic heterocycles. The minimum atomic E-state index is -3.65. The second-order valence-corrected chi connectivity index (χ2v) is 7.81. The zero-order valence-corrected chi connectivity index (χ0v) is 15.1. The average molecular weight is 373 g/mol. The lowest BCUT2D eigenvalue weighted by molar-refractivity contribution is -0.119. The fourth-order valence-electron chi connectivity index (χ4n) is 2.55. The smallest absolute Gasteiger partial charge is 0.240 e. The van der Waals surface area contributed by atoms with Crippen LogP contribution in [-0.2, 0) is 19.6 Å². The van der Waals surface area contributed by atoms with E-state index in [1.54, 1.807) is 0 Å². The van der Waals surface area contributed by atoms with Crippen molar-refractivity contribution in [2.45, 2.75) is 6.42 Å². The van der Waals surface area contributed by atoms with E-state index in [1.807, 2.05) is 0 Å². The number of nitrogens with one attached hydrogen (secondary N) is 1. The molecule has 0 unspecified atom stereocenters. The van der Waals surface area contributed by atoms with Crippen LogP contribution in [0.15, 0.2) is 24.3 Å². The van der Waals surface area contributed by atoms with Crippen LogP contribution in [0.4, 0.5) is 10.1 Å². The highest BCUT2D eigenvalue weighted by molar-refractivity contribution is 7.92. The first-order chi connectivity index (χ1) is 11.9. The molecule has 7 nitrogen and oxygen atoms in total. The number of ether oxygens (including phenoxy) is 1. The summed E-state index contributed by atoms with van der Waals surface area (Å²) in [5.41, 5.74) is 0.257. The molecule has 0 aliphatic carbocycles. The monoisotopic (exact) mass is 373 g/mol. The van der Waals surface area contributed by atoms with E-state index in [1.165, 1.54) is 12.1 Å². The molecule has 140 valence electrons. The predicted octanol–water partition coefficient (Wildman–Crippen LogP) is 0.430. The molecule has 0 atom stereocenters. The molecular formula is C16H24FN3O4S. The van der Waals surface area contributed by atoms with E-state index < -0.39 is 21.7 Å².